The zero-order valence-electron chi connectivity index (χ0n) is 10.4. The van der Waals surface area contributed by atoms with E-state index in [1.54, 1.807) is 41.8 Å². The molecule has 0 bridgehead atoms. The summed E-state index contributed by atoms with van der Waals surface area (Å²) in [7, 11) is 0. The van der Waals surface area contributed by atoms with Crippen LogP contribution >= 0.6 is 11.3 Å². The number of benzene rings is 1. The normalized spacial score (nSPS) is 10.6. The molecule has 100 valence electrons. The number of carboxylic acids is 1. The van der Waals surface area contributed by atoms with Gasteiger partial charge in [0.05, 0.1) is 11.8 Å². The molecule has 1 aromatic carbocycles. The van der Waals surface area contributed by atoms with Gasteiger partial charge in [-0.15, -0.1) is 11.3 Å². The summed E-state index contributed by atoms with van der Waals surface area (Å²) >= 11 is 1.63. The van der Waals surface area contributed by atoms with Gasteiger partial charge in [0.15, 0.2) is 0 Å². The van der Waals surface area contributed by atoms with Crippen molar-refractivity contribution in [3.05, 3.63) is 53.5 Å². The number of aliphatic carboxylic acids is 1. The number of pyridine rings is 1. The van der Waals surface area contributed by atoms with Crippen molar-refractivity contribution in [3.63, 3.8) is 0 Å². The number of carboxylic acid groups (broad SMARTS) is 1. The summed E-state index contributed by atoms with van der Waals surface area (Å²) in [4.78, 5) is 15.0. The number of nitrogens with zero attached hydrogens (tertiary/aromatic N) is 1. The lowest BCUT2D eigenvalue weighted by molar-refractivity contribution is -0.136. The van der Waals surface area contributed by atoms with Gasteiger partial charge in [-0.1, -0.05) is 12.1 Å². The third-order valence-corrected chi connectivity index (χ3v) is 3.69. The Labute approximate surface area is 119 Å². The molecule has 4 nitrogen and oxygen atoms in total. The minimum atomic E-state index is -0.861. The van der Waals surface area contributed by atoms with Gasteiger partial charge in [0.25, 0.3) is 0 Å². The second-order valence-electron chi connectivity index (χ2n) is 4.27. The molecule has 0 aliphatic heterocycles. The van der Waals surface area contributed by atoms with Gasteiger partial charge >= 0.3 is 5.97 Å². The summed E-state index contributed by atoms with van der Waals surface area (Å²) in [5.74, 6) is 0.270. The zero-order valence-corrected chi connectivity index (χ0v) is 11.3. The standard InChI is InChI=1S/C15H11NO3S/c17-14(18)9-10-2-1-3-11(8-10)19-15-12-5-7-20-13(12)4-6-16-15/h1-8H,9H2,(H,17,18). The van der Waals surface area contributed by atoms with E-state index in [4.69, 9.17) is 9.84 Å². The SMILES string of the molecule is O=C(O)Cc1cccc(Oc2nccc3sccc23)c1. The number of thiophene rings is 1. The molecule has 0 spiro atoms. The van der Waals surface area contributed by atoms with Crippen LogP contribution in [0.2, 0.25) is 0 Å². The summed E-state index contributed by atoms with van der Waals surface area (Å²) in [6.45, 7) is 0. The highest BCUT2D eigenvalue weighted by atomic mass is 32.1. The smallest absolute Gasteiger partial charge is 0.307 e. The van der Waals surface area contributed by atoms with Gasteiger partial charge in [-0.2, -0.15) is 0 Å². The van der Waals surface area contributed by atoms with Crippen molar-refractivity contribution < 1.29 is 14.6 Å². The molecule has 0 saturated carbocycles. The van der Waals surface area contributed by atoms with Crippen molar-refractivity contribution in [2.45, 2.75) is 6.42 Å². The Morgan fingerprint density at radius 1 is 1.30 bits per heavy atom. The maximum absolute atomic E-state index is 10.7. The molecular formula is C15H11NO3S. The van der Waals surface area contributed by atoms with Crippen LogP contribution in [0, 0.1) is 0 Å². The Morgan fingerprint density at radius 3 is 3.05 bits per heavy atom. The van der Waals surface area contributed by atoms with Crippen molar-refractivity contribution in [2.24, 2.45) is 0 Å². The average Bonchev–Trinajstić information content (AvgIpc) is 2.88. The molecule has 3 rings (SSSR count). The van der Waals surface area contributed by atoms with E-state index in [9.17, 15) is 4.79 Å². The highest BCUT2D eigenvalue weighted by molar-refractivity contribution is 7.17. The largest absolute Gasteiger partial charge is 0.481 e. The van der Waals surface area contributed by atoms with Gasteiger partial charge in [0, 0.05) is 10.9 Å². The number of rotatable bonds is 4. The molecule has 0 aliphatic carbocycles. The van der Waals surface area contributed by atoms with Crippen molar-refractivity contribution in [1.82, 2.24) is 4.98 Å². The number of hydrogen-bond donors (Lipinski definition) is 1. The fourth-order valence-corrected chi connectivity index (χ4v) is 2.73. The Kier molecular flexibility index (Phi) is 3.35. The Balaban J connectivity index is 1.91. The molecule has 20 heavy (non-hydrogen) atoms. The molecule has 0 unspecified atom stereocenters. The van der Waals surface area contributed by atoms with Crippen LogP contribution in [0.15, 0.2) is 48.0 Å². The Bertz CT molecular complexity index is 766. The van der Waals surface area contributed by atoms with Gasteiger partial charge < -0.3 is 9.84 Å². The van der Waals surface area contributed by atoms with Gasteiger partial charge in [-0.05, 0) is 35.2 Å². The van der Waals surface area contributed by atoms with Gasteiger partial charge in [-0.25, -0.2) is 4.98 Å². The monoisotopic (exact) mass is 285 g/mol. The first-order valence-corrected chi connectivity index (χ1v) is 6.91. The number of aromatic nitrogens is 1. The van der Waals surface area contributed by atoms with Crippen LogP contribution in [-0.2, 0) is 11.2 Å². The maximum Gasteiger partial charge on any atom is 0.307 e. The summed E-state index contributed by atoms with van der Waals surface area (Å²) in [5.41, 5.74) is 0.701. The van der Waals surface area contributed by atoms with Crippen LogP contribution in [-0.4, -0.2) is 16.1 Å². The second kappa shape index (κ2) is 5.30. The molecule has 0 saturated heterocycles. The van der Waals surface area contributed by atoms with Crippen LogP contribution in [0.5, 0.6) is 11.6 Å². The Hall–Kier alpha value is -2.40. The first-order chi connectivity index (χ1) is 9.72. The lowest BCUT2D eigenvalue weighted by Gasteiger charge is -2.07. The predicted molar refractivity (Wildman–Crippen MR) is 77.5 cm³/mol. The molecular weight excluding hydrogens is 274 g/mol. The minimum Gasteiger partial charge on any atom is -0.481 e. The first kappa shape index (κ1) is 12.6. The third-order valence-electron chi connectivity index (χ3n) is 2.81. The summed E-state index contributed by atoms with van der Waals surface area (Å²) < 4.78 is 6.88. The van der Waals surface area contributed by atoms with E-state index >= 15 is 0 Å². The predicted octanol–water partition coefficient (Wildman–Crippen LogP) is 3.72. The van der Waals surface area contributed by atoms with Gasteiger partial charge in [0.1, 0.15) is 5.75 Å². The number of fused-ring (bicyclic) bond motifs is 1. The molecule has 1 N–H and O–H groups in total. The van der Waals surface area contributed by atoms with Crippen LogP contribution < -0.4 is 4.74 Å². The molecule has 2 aromatic heterocycles. The van der Waals surface area contributed by atoms with E-state index in [2.05, 4.69) is 4.98 Å². The summed E-state index contributed by atoms with van der Waals surface area (Å²) in [6.07, 6.45) is 1.68. The van der Waals surface area contributed by atoms with E-state index in [0.717, 1.165) is 10.1 Å². The van der Waals surface area contributed by atoms with Crippen molar-refractivity contribution >= 4 is 27.4 Å². The number of carbonyl (C=O) groups is 1. The van der Waals surface area contributed by atoms with Crippen LogP contribution in [0.1, 0.15) is 5.56 Å². The first-order valence-electron chi connectivity index (χ1n) is 6.03. The molecule has 0 radical (unpaired) electrons. The molecule has 3 aromatic rings. The average molecular weight is 285 g/mol. The van der Waals surface area contributed by atoms with Crippen LogP contribution in [0.4, 0.5) is 0 Å². The molecule has 0 atom stereocenters. The van der Waals surface area contributed by atoms with E-state index in [0.29, 0.717) is 17.2 Å². The van der Waals surface area contributed by atoms with Crippen molar-refractivity contribution in [3.8, 4) is 11.6 Å². The van der Waals surface area contributed by atoms with E-state index in [1.807, 2.05) is 17.5 Å². The summed E-state index contributed by atoms with van der Waals surface area (Å²) in [6, 6.07) is 11.0. The van der Waals surface area contributed by atoms with E-state index in [-0.39, 0.29) is 6.42 Å². The van der Waals surface area contributed by atoms with Crippen LogP contribution in [0.3, 0.4) is 0 Å². The van der Waals surface area contributed by atoms with Gasteiger partial charge in [-0.3, -0.25) is 4.79 Å². The Morgan fingerprint density at radius 2 is 2.20 bits per heavy atom. The number of ether oxygens (including phenoxy) is 1. The van der Waals surface area contributed by atoms with E-state index < -0.39 is 5.97 Å². The van der Waals surface area contributed by atoms with E-state index in [1.165, 1.54) is 0 Å². The molecule has 0 fully saturated rings. The fraction of sp³-hybridized carbons (Fsp3) is 0.0667. The topological polar surface area (TPSA) is 59.4 Å². The lowest BCUT2D eigenvalue weighted by atomic mass is 10.1. The molecule has 5 heteroatoms. The minimum absolute atomic E-state index is 0.0206. The van der Waals surface area contributed by atoms with Crippen LogP contribution in [0.25, 0.3) is 10.1 Å². The van der Waals surface area contributed by atoms with Crippen molar-refractivity contribution in [1.29, 1.82) is 0 Å². The lowest BCUT2D eigenvalue weighted by Crippen LogP contribution is -2.00. The molecule has 0 aliphatic rings. The highest BCUT2D eigenvalue weighted by Gasteiger charge is 2.07. The third kappa shape index (κ3) is 2.62. The fourth-order valence-electron chi connectivity index (χ4n) is 1.96. The van der Waals surface area contributed by atoms with Gasteiger partial charge in [0.2, 0.25) is 5.88 Å². The molecule has 0 amide bonds. The molecule has 2 heterocycles. The number of hydrogen-bond acceptors (Lipinski definition) is 4. The van der Waals surface area contributed by atoms with Crippen molar-refractivity contribution in [2.75, 3.05) is 0 Å². The quantitative estimate of drug-likeness (QED) is 0.793. The zero-order chi connectivity index (χ0) is 13.9. The highest BCUT2D eigenvalue weighted by Crippen LogP contribution is 2.30. The summed E-state index contributed by atoms with van der Waals surface area (Å²) in [5, 5.41) is 11.8. The maximum atomic E-state index is 10.7. The second-order valence-corrected chi connectivity index (χ2v) is 5.22.